The standard InChI is InChI=1S/C61H43N7/c1-40-29-30-51(41(2)63-40)49-36-48(46-23-16-24-47(35-46)60-67-58(44-19-8-4-9-20-44)66-59(68-60)45-21-10-5-11-22-45)37-50(38-49)53-26-12-14-27-54(53)57-39-56(43-17-6-3-7-18-43)64-61(65-57)55-28-15-13-25-52(55)42-31-33-62-34-32-42/h3-39H,1-2H3. The molecule has 322 valence electrons. The molecular formula is C61H43N7. The van der Waals surface area contributed by atoms with Gasteiger partial charge in [0.1, 0.15) is 0 Å². The smallest absolute Gasteiger partial charge is 0.164 e. The normalized spacial score (nSPS) is 11.1. The van der Waals surface area contributed by atoms with Crippen LogP contribution in [-0.4, -0.2) is 34.9 Å². The molecule has 11 rings (SSSR count). The van der Waals surface area contributed by atoms with E-state index in [1.807, 2.05) is 116 Å². The van der Waals surface area contributed by atoms with Crippen molar-refractivity contribution in [3.05, 3.63) is 236 Å². The average Bonchev–Trinajstić information content (AvgIpc) is 3.41. The highest BCUT2D eigenvalue weighted by Gasteiger charge is 2.19. The lowest BCUT2D eigenvalue weighted by molar-refractivity contribution is 1.07. The van der Waals surface area contributed by atoms with Crippen LogP contribution in [0.25, 0.3) is 113 Å². The third-order valence-corrected chi connectivity index (χ3v) is 12.1. The van der Waals surface area contributed by atoms with Gasteiger partial charge in [-0.15, -0.1) is 0 Å². The number of rotatable bonds is 10. The van der Waals surface area contributed by atoms with Gasteiger partial charge in [0.15, 0.2) is 23.3 Å². The van der Waals surface area contributed by atoms with Gasteiger partial charge in [0.2, 0.25) is 0 Å². The Bertz CT molecular complexity index is 3520. The molecule has 0 fully saturated rings. The van der Waals surface area contributed by atoms with Gasteiger partial charge in [-0.2, -0.15) is 0 Å². The molecule has 0 saturated carbocycles. The number of pyridine rings is 2. The third kappa shape index (κ3) is 8.60. The molecule has 7 heteroatoms. The lowest BCUT2D eigenvalue weighted by Crippen LogP contribution is -2.00. The van der Waals surface area contributed by atoms with Crippen molar-refractivity contribution in [3.63, 3.8) is 0 Å². The van der Waals surface area contributed by atoms with Crippen LogP contribution in [0, 0.1) is 13.8 Å². The molecule has 0 radical (unpaired) electrons. The van der Waals surface area contributed by atoms with Gasteiger partial charge in [-0.05, 0) is 101 Å². The van der Waals surface area contributed by atoms with Crippen molar-refractivity contribution < 1.29 is 0 Å². The fourth-order valence-electron chi connectivity index (χ4n) is 8.75. The molecule has 11 aromatic rings. The maximum absolute atomic E-state index is 5.40. The lowest BCUT2D eigenvalue weighted by Gasteiger charge is -2.17. The number of hydrogen-bond acceptors (Lipinski definition) is 7. The van der Waals surface area contributed by atoms with Crippen molar-refractivity contribution in [2.45, 2.75) is 13.8 Å². The molecule has 68 heavy (non-hydrogen) atoms. The topological polar surface area (TPSA) is 90.2 Å². The summed E-state index contributed by atoms with van der Waals surface area (Å²) >= 11 is 0. The molecule has 0 aliphatic rings. The summed E-state index contributed by atoms with van der Waals surface area (Å²) in [6.45, 7) is 4.11. The maximum Gasteiger partial charge on any atom is 0.164 e. The SMILES string of the molecule is Cc1ccc(-c2cc(-c3cccc(-c4nc(-c5ccccc5)nc(-c5ccccc5)n4)c3)cc(-c3ccccc3-c3cc(-c4ccccc4)nc(-c4ccccc4-c4ccncc4)n3)c2)c(C)n1. The van der Waals surface area contributed by atoms with Crippen LogP contribution in [0.2, 0.25) is 0 Å². The van der Waals surface area contributed by atoms with E-state index in [1.54, 1.807) is 0 Å². The minimum atomic E-state index is 0.596. The van der Waals surface area contributed by atoms with Gasteiger partial charge in [-0.1, -0.05) is 164 Å². The van der Waals surface area contributed by atoms with Crippen LogP contribution in [0.4, 0.5) is 0 Å². The molecule has 0 atom stereocenters. The summed E-state index contributed by atoms with van der Waals surface area (Å²) in [6.07, 6.45) is 3.64. The van der Waals surface area contributed by atoms with Crippen molar-refractivity contribution in [2.75, 3.05) is 0 Å². The second-order valence-corrected chi connectivity index (χ2v) is 16.7. The molecule has 0 amide bonds. The zero-order valence-corrected chi connectivity index (χ0v) is 37.5. The van der Waals surface area contributed by atoms with Crippen molar-refractivity contribution >= 4 is 0 Å². The molecule has 0 aliphatic heterocycles. The molecule has 7 nitrogen and oxygen atoms in total. The summed E-state index contributed by atoms with van der Waals surface area (Å²) in [4.78, 5) is 34.9. The van der Waals surface area contributed by atoms with Gasteiger partial charge in [-0.3, -0.25) is 9.97 Å². The number of aromatic nitrogens is 7. The Morgan fingerprint density at radius 1 is 0.250 bits per heavy atom. The van der Waals surface area contributed by atoms with E-state index >= 15 is 0 Å². The first kappa shape index (κ1) is 41.6. The van der Waals surface area contributed by atoms with E-state index in [4.69, 9.17) is 29.9 Å². The monoisotopic (exact) mass is 873 g/mol. The van der Waals surface area contributed by atoms with Crippen LogP contribution >= 0.6 is 0 Å². The third-order valence-electron chi connectivity index (χ3n) is 12.1. The summed E-state index contributed by atoms with van der Waals surface area (Å²) in [5.41, 5.74) is 17.6. The number of aryl methyl sites for hydroxylation is 2. The summed E-state index contributed by atoms with van der Waals surface area (Å²) in [5, 5.41) is 0. The molecule has 4 aromatic heterocycles. The summed E-state index contributed by atoms with van der Waals surface area (Å²) in [5.74, 6) is 2.47. The van der Waals surface area contributed by atoms with E-state index in [-0.39, 0.29) is 0 Å². The summed E-state index contributed by atoms with van der Waals surface area (Å²) in [7, 11) is 0. The van der Waals surface area contributed by atoms with Crippen LogP contribution in [0.15, 0.2) is 225 Å². The Labute approximate surface area is 395 Å². The van der Waals surface area contributed by atoms with Gasteiger partial charge in [0.25, 0.3) is 0 Å². The molecule has 7 aromatic carbocycles. The Hall–Kier alpha value is -9.07. The minimum Gasteiger partial charge on any atom is -0.265 e. The Balaban J connectivity index is 1.08. The second kappa shape index (κ2) is 18.4. The molecule has 0 spiro atoms. The second-order valence-electron chi connectivity index (χ2n) is 16.7. The van der Waals surface area contributed by atoms with Crippen molar-refractivity contribution in [2.24, 2.45) is 0 Å². The highest BCUT2D eigenvalue weighted by atomic mass is 15.0. The molecule has 0 bridgehead atoms. The first-order chi connectivity index (χ1) is 33.5. The van der Waals surface area contributed by atoms with Gasteiger partial charge < -0.3 is 0 Å². The number of nitrogens with zero attached hydrogens (tertiary/aromatic N) is 7. The van der Waals surface area contributed by atoms with E-state index in [9.17, 15) is 0 Å². The van der Waals surface area contributed by atoms with E-state index in [0.717, 1.165) is 101 Å². The predicted molar refractivity (Wildman–Crippen MR) is 275 cm³/mol. The van der Waals surface area contributed by atoms with Gasteiger partial charge in [-0.25, -0.2) is 24.9 Å². The quantitative estimate of drug-likeness (QED) is 0.135. The largest absolute Gasteiger partial charge is 0.265 e. The van der Waals surface area contributed by atoms with Gasteiger partial charge in [0, 0.05) is 62.7 Å². The van der Waals surface area contributed by atoms with E-state index < -0.39 is 0 Å². The van der Waals surface area contributed by atoms with Crippen molar-refractivity contribution in [1.82, 2.24) is 34.9 Å². The summed E-state index contributed by atoms with van der Waals surface area (Å²) in [6, 6.07) is 73.0. The van der Waals surface area contributed by atoms with Crippen LogP contribution in [0.3, 0.4) is 0 Å². The molecule has 0 aliphatic carbocycles. The Kier molecular flexibility index (Phi) is 11.3. The number of benzene rings is 7. The Morgan fingerprint density at radius 2 is 0.721 bits per heavy atom. The fourth-order valence-corrected chi connectivity index (χ4v) is 8.75. The zero-order chi connectivity index (χ0) is 45.8. The predicted octanol–water partition coefficient (Wildman–Crippen LogP) is 14.7. The average molecular weight is 874 g/mol. The van der Waals surface area contributed by atoms with Crippen molar-refractivity contribution in [1.29, 1.82) is 0 Å². The summed E-state index contributed by atoms with van der Waals surface area (Å²) < 4.78 is 0. The molecule has 0 saturated heterocycles. The zero-order valence-electron chi connectivity index (χ0n) is 37.5. The minimum absolute atomic E-state index is 0.596. The van der Waals surface area contributed by atoms with Crippen LogP contribution in [-0.2, 0) is 0 Å². The lowest BCUT2D eigenvalue weighted by atomic mass is 9.90. The van der Waals surface area contributed by atoms with Crippen molar-refractivity contribution in [3.8, 4) is 113 Å². The maximum atomic E-state index is 5.40. The first-order valence-corrected chi connectivity index (χ1v) is 22.6. The van der Waals surface area contributed by atoms with E-state index in [2.05, 4.69) is 127 Å². The molecule has 4 heterocycles. The molecular weight excluding hydrogens is 831 g/mol. The first-order valence-electron chi connectivity index (χ1n) is 22.6. The van der Waals surface area contributed by atoms with Crippen LogP contribution in [0.1, 0.15) is 11.4 Å². The van der Waals surface area contributed by atoms with E-state index in [1.165, 1.54) is 0 Å². The molecule has 0 unspecified atom stereocenters. The highest BCUT2D eigenvalue weighted by Crippen LogP contribution is 2.40. The Morgan fingerprint density at radius 3 is 1.35 bits per heavy atom. The van der Waals surface area contributed by atoms with E-state index in [0.29, 0.717) is 23.3 Å². The fraction of sp³-hybridized carbons (Fsp3) is 0.0328. The van der Waals surface area contributed by atoms with Crippen LogP contribution < -0.4 is 0 Å². The van der Waals surface area contributed by atoms with Crippen LogP contribution in [0.5, 0.6) is 0 Å². The molecule has 0 N–H and O–H groups in total. The number of hydrogen-bond donors (Lipinski definition) is 0. The van der Waals surface area contributed by atoms with Gasteiger partial charge in [0.05, 0.1) is 11.4 Å². The highest BCUT2D eigenvalue weighted by molar-refractivity contribution is 5.90. The van der Waals surface area contributed by atoms with Gasteiger partial charge >= 0.3 is 0 Å².